The first-order valence-electron chi connectivity index (χ1n) is 7.56. The van der Waals surface area contributed by atoms with Crippen LogP contribution in [0.15, 0.2) is 54.6 Å². The summed E-state index contributed by atoms with van der Waals surface area (Å²) in [5.74, 6) is -2.95. The number of carbonyl (C=O) groups excluding carboxylic acids is 2. The van der Waals surface area contributed by atoms with E-state index in [1.165, 1.54) is 18.2 Å². The Morgan fingerprint density at radius 1 is 1.00 bits per heavy atom. The van der Waals surface area contributed by atoms with Gasteiger partial charge in [-0.1, -0.05) is 36.4 Å². The Morgan fingerprint density at radius 3 is 2.28 bits per heavy atom. The van der Waals surface area contributed by atoms with E-state index in [-0.39, 0.29) is 18.5 Å². The van der Waals surface area contributed by atoms with Crippen molar-refractivity contribution in [2.45, 2.75) is 12.5 Å². The third-order valence-corrected chi connectivity index (χ3v) is 3.46. The van der Waals surface area contributed by atoms with Crippen molar-refractivity contribution in [2.24, 2.45) is 0 Å². The number of benzene rings is 2. The molecule has 0 radical (unpaired) electrons. The molecule has 3 N–H and O–H groups in total. The SMILES string of the molecule is O=C(CNC(=O)c1ccccc1)N[C@H](Cc1ccccc1F)C(=O)O. The number of carboxylic acid groups (broad SMARTS) is 1. The van der Waals surface area contributed by atoms with Crippen LogP contribution in [0.1, 0.15) is 15.9 Å². The van der Waals surface area contributed by atoms with E-state index in [9.17, 15) is 23.9 Å². The average molecular weight is 344 g/mol. The van der Waals surface area contributed by atoms with Gasteiger partial charge >= 0.3 is 5.97 Å². The molecule has 7 heteroatoms. The number of rotatable bonds is 7. The highest BCUT2D eigenvalue weighted by atomic mass is 19.1. The Hall–Kier alpha value is -3.22. The predicted octanol–water partition coefficient (Wildman–Crippen LogP) is 1.37. The lowest BCUT2D eigenvalue weighted by Gasteiger charge is -2.15. The number of carbonyl (C=O) groups is 3. The highest BCUT2D eigenvalue weighted by Crippen LogP contribution is 2.09. The van der Waals surface area contributed by atoms with Crippen molar-refractivity contribution in [1.29, 1.82) is 0 Å². The minimum Gasteiger partial charge on any atom is -0.480 e. The third kappa shape index (κ3) is 5.42. The fraction of sp³-hybridized carbons (Fsp3) is 0.167. The lowest BCUT2D eigenvalue weighted by atomic mass is 10.1. The molecule has 1 atom stereocenters. The summed E-state index contributed by atoms with van der Waals surface area (Å²) in [7, 11) is 0. The fourth-order valence-corrected chi connectivity index (χ4v) is 2.18. The minimum absolute atomic E-state index is 0.184. The van der Waals surface area contributed by atoms with E-state index in [4.69, 9.17) is 0 Å². The molecule has 0 fully saturated rings. The van der Waals surface area contributed by atoms with Crippen LogP contribution in [0.4, 0.5) is 4.39 Å². The van der Waals surface area contributed by atoms with Gasteiger partial charge in [0, 0.05) is 12.0 Å². The molecule has 0 aromatic heterocycles. The number of hydrogen-bond acceptors (Lipinski definition) is 3. The summed E-state index contributed by atoms with van der Waals surface area (Å²) < 4.78 is 13.6. The first-order chi connectivity index (χ1) is 12.0. The van der Waals surface area contributed by atoms with Gasteiger partial charge < -0.3 is 15.7 Å². The van der Waals surface area contributed by atoms with E-state index in [1.54, 1.807) is 36.4 Å². The molecule has 25 heavy (non-hydrogen) atoms. The number of nitrogens with one attached hydrogen (secondary N) is 2. The molecule has 2 rings (SSSR count). The first-order valence-corrected chi connectivity index (χ1v) is 7.56. The van der Waals surface area contributed by atoms with Crippen LogP contribution in [0.3, 0.4) is 0 Å². The van der Waals surface area contributed by atoms with Crippen molar-refractivity contribution in [2.75, 3.05) is 6.54 Å². The summed E-state index contributed by atoms with van der Waals surface area (Å²) in [4.78, 5) is 35.0. The fourth-order valence-electron chi connectivity index (χ4n) is 2.18. The molecule has 0 aliphatic rings. The Labute approximate surface area is 143 Å². The van der Waals surface area contributed by atoms with Gasteiger partial charge in [-0.15, -0.1) is 0 Å². The molecular formula is C18H17FN2O4. The molecule has 0 spiro atoms. The van der Waals surface area contributed by atoms with Gasteiger partial charge in [-0.05, 0) is 23.8 Å². The minimum atomic E-state index is -1.29. The summed E-state index contributed by atoms with van der Waals surface area (Å²) in [6, 6.07) is 12.8. The zero-order chi connectivity index (χ0) is 18.2. The largest absolute Gasteiger partial charge is 0.480 e. The predicted molar refractivity (Wildman–Crippen MR) is 88.4 cm³/mol. The van der Waals surface area contributed by atoms with Crippen LogP contribution in [-0.4, -0.2) is 35.5 Å². The molecule has 2 amide bonds. The summed E-state index contributed by atoms with van der Waals surface area (Å²) in [6.07, 6.45) is -0.194. The van der Waals surface area contributed by atoms with Crippen molar-refractivity contribution >= 4 is 17.8 Å². The number of carboxylic acids is 1. The molecule has 0 aliphatic heterocycles. The topological polar surface area (TPSA) is 95.5 Å². The van der Waals surface area contributed by atoms with Gasteiger partial charge in [0.15, 0.2) is 0 Å². The molecule has 2 aromatic rings. The molecule has 0 aliphatic carbocycles. The maximum atomic E-state index is 13.6. The van der Waals surface area contributed by atoms with Crippen LogP contribution in [0.5, 0.6) is 0 Å². The first kappa shape index (κ1) is 18.1. The summed E-state index contributed by atoms with van der Waals surface area (Å²) >= 11 is 0. The smallest absolute Gasteiger partial charge is 0.326 e. The molecule has 0 heterocycles. The lowest BCUT2D eigenvalue weighted by Crippen LogP contribution is -2.46. The van der Waals surface area contributed by atoms with Crippen molar-refractivity contribution in [3.05, 3.63) is 71.5 Å². The highest BCUT2D eigenvalue weighted by molar-refractivity contribution is 5.96. The summed E-state index contributed by atoms with van der Waals surface area (Å²) in [5.41, 5.74) is 0.569. The zero-order valence-corrected chi connectivity index (χ0v) is 13.2. The number of halogens is 1. The van der Waals surface area contributed by atoms with E-state index >= 15 is 0 Å². The Kier molecular flexibility index (Phi) is 6.22. The molecule has 0 unspecified atom stereocenters. The van der Waals surface area contributed by atoms with Gasteiger partial charge in [-0.2, -0.15) is 0 Å². The second-order valence-corrected chi connectivity index (χ2v) is 5.30. The number of aliphatic carboxylic acids is 1. The quantitative estimate of drug-likeness (QED) is 0.707. The van der Waals surface area contributed by atoms with Gasteiger partial charge in [0.05, 0.1) is 6.54 Å². The van der Waals surface area contributed by atoms with Crippen LogP contribution in [0.2, 0.25) is 0 Å². The monoisotopic (exact) mass is 344 g/mol. The van der Waals surface area contributed by atoms with Crippen LogP contribution in [-0.2, 0) is 16.0 Å². The van der Waals surface area contributed by atoms with Gasteiger partial charge in [0.1, 0.15) is 11.9 Å². The number of amides is 2. The normalized spacial score (nSPS) is 11.4. The molecule has 6 nitrogen and oxygen atoms in total. The van der Waals surface area contributed by atoms with Crippen LogP contribution in [0.25, 0.3) is 0 Å². The van der Waals surface area contributed by atoms with Crippen molar-refractivity contribution in [3.63, 3.8) is 0 Å². The van der Waals surface area contributed by atoms with Gasteiger partial charge in [0.25, 0.3) is 5.91 Å². The van der Waals surface area contributed by atoms with E-state index in [0.29, 0.717) is 5.56 Å². The van der Waals surface area contributed by atoms with Crippen molar-refractivity contribution in [1.82, 2.24) is 10.6 Å². The molecule has 0 saturated carbocycles. The standard InChI is InChI=1S/C18H17FN2O4/c19-14-9-5-4-8-13(14)10-15(18(24)25)21-16(22)11-20-17(23)12-6-2-1-3-7-12/h1-9,15H,10-11H2,(H,20,23)(H,21,22)(H,24,25)/t15-/m1/s1. The summed E-state index contributed by atoms with van der Waals surface area (Å²) in [6.45, 7) is -0.380. The third-order valence-electron chi connectivity index (χ3n) is 3.46. The van der Waals surface area contributed by atoms with Crippen LogP contribution < -0.4 is 10.6 Å². The molecule has 0 saturated heterocycles. The van der Waals surface area contributed by atoms with E-state index in [0.717, 1.165) is 0 Å². The Morgan fingerprint density at radius 2 is 1.64 bits per heavy atom. The Bertz CT molecular complexity index is 765. The molecular weight excluding hydrogens is 327 g/mol. The maximum Gasteiger partial charge on any atom is 0.326 e. The van der Waals surface area contributed by atoms with Crippen LogP contribution in [0, 0.1) is 5.82 Å². The zero-order valence-electron chi connectivity index (χ0n) is 13.2. The van der Waals surface area contributed by atoms with E-state index in [1.807, 2.05) is 0 Å². The lowest BCUT2D eigenvalue weighted by molar-refractivity contribution is -0.141. The Balaban J connectivity index is 1.91. The average Bonchev–Trinajstić information content (AvgIpc) is 2.61. The highest BCUT2D eigenvalue weighted by Gasteiger charge is 2.22. The van der Waals surface area contributed by atoms with Crippen molar-refractivity contribution in [3.8, 4) is 0 Å². The number of hydrogen-bond donors (Lipinski definition) is 3. The van der Waals surface area contributed by atoms with Crippen LogP contribution >= 0.6 is 0 Å². The van der Waals surface area contributed by atoms with E-state index in [2.05, 4.69) is 10.6 Å². The molecule has 0 bridgehead atoms. The maximum absolute atomic E-state index is 13.6. The van der Waals surface area contributed by atoms with Gasteiger partial charge in [-0.3, -0.25) is 9.59 Å². The van der Waals surface area contributed by atoms with Crippen molar-refractivity contribution < 1.29 is 23.9 Å². The second kappa shape index (κ2) is 8.58. The summed E-state index contributed by atoms with van der Waals surface area (Å²) in [5, 5.41) is 13.9. The molecule has 2 aromatic carbocycles. The second-order valence-electron chi connectivity index (χ2n) is 5.30. The van der Waals surface area contributed by atoms with Gasteiger partial charge in [0.2, 0.25) is 5.91 Å². The molecule has 130 valence electrons. The van der Waals surface area contributed by atoms with E-state index < -0.39 is 29.6 Å². The van der Waals surface area contributed by atoms with Gasteiger partial charge in [-0.25, -0.2) is 9.18 Å².